The molecular weight excluding hydrogens is 283 g/mol. The molecule has 2 N–H and O–H groups in total. The summed E-state index contributed by atoms with van der Waals surface area (Å²) in [7, 11) is 0. The Hall–Kier alpha value is -0.890. The molecule has 1 aromatic rings. The normalized spacial score (nSPS) is 14.7. The summed E-state index contributed by atoms with van der Waals surface area (Å²) in [6.07, 6.45) is 0. The van der Waals surface area contributed by atoms with Crippen molar-refractivity contribution < 1.29 is 0 Å². The molecule has 0 saturated heterocycles. The third-order valence-corrected chi connectivity index (χ3v) is 2.86. The molecule has 1 aliphatic heterocycles. The summed E-state index contributed by atoms with van der Waals surface area (Å²) >= 11 is 2.23. The van der Waals surface area contributed by atoms with Crippen molar-refractivity contribution in [2.75, 3.05) is 5.43 Å². The van der Waals surface area contributed by atoms with Crippen molar-refractivity contribution in [3.63, 3.8) is 0 Å². The summed E-state index contributed by atoms with van der Waals surface area (Å²) in [6, 6.07) is 5.90. The van der Waals surface area contributed by atoms with E-state index >= 15 is 0 Å². The molecule has 0 spiro atoms. The molecule has 0 unspecified atom stereocenters. The first kappa shape index (κ1) is 8.70. The molecule has 0 aliphatic carbocycles. The summed E-state index contributed by atoms with van der Waals surface area (Å²) in [6.45, 7) is 0.491. The monoisotopic (exact) mass is 290 g/mol. The molecule has 1 aliphatic rings. The van der Waals surface area contributed by atoms with Crippen molar-refractivity contribution in [3.05, 3.63) is 32.2 Å². The van der Waals surface area contributed by atoms with Crippen LogP contribution in [0.4, 0.5) is 5.69 Å². The van der Waals surface area contributed by atoms with Crippen molar-refractivity contribution >= 4 is 28.3 Å². The molecule has 0 fully saturated rings. The summed E-state index contributed by atoms with van der Waals surface area (Å²) in [5, 5.41) is 4.01. The van der Waals surface area contributed by atoms with E-state index in [9.17, 15) is 4.91 Å². The van der Waals surface area contributed by atoms with Crippen LogP contribution in [0.3, 0.4) is 0 Å². The molecule has 6 heteroatoms. The Labute approximate surface area is 88.5 Å². The van der Waals surface area contributed by atoms with E-state index in [-0.39, 0.29) is 0 Å². The van der Waals surface area contributed by atoms with Gasteiger partial charge in [0.2, 0.25) is 0 Å². The van der Waals surface area contributed by atoms with Crippen LogP contribution in [0.15, 0.2) is 23.5 Å². The van der Waals surface area contributed by atoms with Crippen molar-refractivity contribution in [1.29, 1.82) is 0 Å². The maximum atomic E-state index is 10.3. The van der Waals surface area contributed by atoms with E-state index in [1.807, 2.05) is 18.2 Å². The zero-order valence-electron chi connectivity index (χ0n) is 6.62. The van der Waals surface area contributed by atoms with Gasteiger partial charge in [0.1, 0.15) is 0 Å². The highest BCUT2D eigenvalue weighted by Crippen LogP contribution is 2.24. The van der Waals surface area contributed by atoms with E-state index in [0.29, 0.717) is 6.54 Å². The van der Waals surface area contributed by atoms with Gasteiger partial charge < -0.3 is 5.43 Å². The summed E-state index contributed by atoms with van der Waals surface area (Å²) in [5.74, 6) is 0. The van der Waals surface area contributed by atoms with Crippen LogP contribution < -0.4 is 11.0 Å². The SMILES string of the molecule is O=NN1Cc2c(I)cccc2NN1. The van der Waals surface area contributed by atoms with Crippen LogP contribution >= 0.6 is 22.6 Å². The van der Waals surface area contributed by atoms with Crippen LogP contribution in [0.5, 0.6) is 0 Å². The second kappa shape index (κ2) is 3.46. The van der Waals surface area contributed by atoms with E-state index < -0.39 is 0 Å². The summed E-state index contributed by atoms with van der Waals surface area (Å²) < 4.78 is 1.12. The van der Waals surface area contributed by atoms with Crippen LogP contribution in [0.1, 0.15) is 5.56 Å². The fourth-order valence-corrected chi connectivity index (χ4v) is 1.87. The fraction of sp³-hybridized carbons (Fsp3) is 0.143. The Morgan fingerprint density at radius 1 is 1.54 bits per heavy atom. The van der Waals surface area contributed by atoms with Gasteiger partial charge in [-0.25, -0.2) is 0 Å². The molecule has 1 heterocycles. The predicted molar refractivity (Wildman–Crippen MR) is 57.3 cm³/mol. The van der Waals surface area contributed by atoms with Gasteiger partial charge in [-0.3, -0.25) is 0 Å². The molecule has 0 atom stereocenters. The van der Waals surface area contributed by atoms with Crippen LogP contribution in [0, 0.1) is 8.48 Å². The topological polar surface area (TPSA) is 56.7 Å². The zero-order chi connectivity index (χ0) is 9.26. The van der Waals surface area contributed by atoms with Crippen molar-refractivity contribution in [2.45, 2.75) is 6.54 Å². The number of benzene rings is 1. The Kier molecular flexibility index (Phi) is 2.32. The molecule has 68 valence electrons. The van der Waals surface area contributed by atoms with Crippen molar-refractivity contribution in [3.8, 4) is 0 Å². The zero-order valence-corrected chi connectivity index (χ0v) is 8.78. The molecule has 5 nitrogen and oxygen atoms in total. The molecule has 0 saturated carbocycles. The van der Waals surface area contributed by atoms with Crippen LogP contribution in [-0.4, -0.2) is 5.12 Å². The predicted octanol–water partition coefficient (Wildman–Crippen LogP) is 1.62. The van der Waals surface area contributed by atoms with E-state index in [0.717, 1.165) is 14.8 Å². The van der Waals surface area contributed by atoms with Gasteiger partial charge in [0.25, 0.3) is 0 Å². The van der Waals surface area contributed by atoms with E-state index in [1.54, 1.807) is 0 Å². The molecule has 0 aromatic heterocycles. The van der Waals surface area contributed by atoms with E-state index in [1.165, 1.54) is 5.12 Å². The average molecular weight is 290 g/mol. The summed E-state index contributed by atoms with van der Waals surface area (Å²) in [5.41, 5.74) is 7.61. The first-order valence-electron chi connectivity index (χ1n) is 3.71. The molecule has 0 bridgehead atoms. The third-order valence-electron chi connectivity index (χ3n) is 1.84. The van der Waals surface area contributed by atoms with Gasteiger partial charge in [-0.2, -0.15) is 5.12 Å². The van der Waals surface area contributed by atoms with Gasteiger partial charge in [-0.15, -0.1) is 10.4 Å². The lowest BCUT2D eigenvalue weighted by Gasteiger charge is -2.26. The van der Waals surface area contributed by atoms with Crippen LogP contribution in [0.2, 0.25) is 0 Å². The standard InChI is InChI=1S/C7H7IN4O/c8-6-2-1-3-7-5(6)4-12(11-13)10-9-7/h1-3,9-10H,4H2. The van der Waals surface area contributed by atoms with E-state index in [2.05, 4.69) is 38.8 Å². The highest BCUT2D eigenvalue weighted by molar-refractivity contribution is 14.1. The highest BCUT2D eigenvalue weighted by Gasteiger charge is 2.16. The number of hydrogen-bond donors (Lipinski definition) is 2. The highest BCUT2D eigenvalue weighted by atomic mass is 127. The second-order valence-corrected chi connectivity index (χ2v) is 3.80. The largest absolute Gasteiger partial charge is 0.302 e. The molecule has 2 rings (SSSR count). The Morgan fingerprint density at radius 3 is 3.15 bits per heavy atom. The lowest BCUT2D eigenvalue weighted by molar-refractivity contribution is 0.193. The quantitative estimate of drug-likeness (QED) is 0.609. The van der Waals surface area contributed by atoms with Gasteiger partial charge in [0.05, 0.1) is 17.5 Å². The maximum absolute atomic E-state index is 10.3. The number of anilines is 1. The van der Waals surface area contributed by atoms with Gasteiger partial charge in [0, 0.05) is 9.13 Å². The van der Waals surface area contributed by atoms with Gasteiger partial charge in [-0.1, -0.05) is 6.07 Å². The molecular formula is C7H7IN4O. The number of hydrazine groups is 2. The lowest BCUT2D eigenvalue weighted by atomic mass is 10.2. The maximum Gasteiger partial charge on any atom is 0.0865 e. The molecule has 0 radical (unpaired) electrons. The molecule has 13 heavy (non-hydrogen) atoms. The van der Waals surface area contributed by atoms with Crippen molar-refractivity contribution in [2.24, 2.45) is 5.29 Å². The minimum atomic E-state index is 0.491. The van der Waals surface area contributed by atoms with Crippen LogP contribution in [0.25, 0.3) is 0 Å². The molecule has 1 aromatic carbocycles. The van der Waals surface area contributed by atoms with E-state index in [4.69, 9.17) is 0 Å². The number of nitrogens with zero attached hydrogens (tertiary/aromatic N) is 2. The number of rotatable bonds is 1. The lowest BCUT2D eigenvalue weighted by Crippen LogP contribution is -2.41. The Morgan fingerprint density at radius 2 is 2.38 bits per heavy atom. The Bertz CT molecular complexity index is 343. The third kappa shape index (κ3) is 1.59. The van der Waals surface area contributed by atoms with Gasteiger partial charge >= 0.3 is 0 Å². The number of nitroso groups, excluding NO2 is 1. The first-order valence-corrected chi connectivity index (χ1v) is 4.79. The minimum absolute atomic E-state index is 0.491. The average Bonchev–Trinajstić information content (AvgIpc) is 2.18. The number of halogens is 1. The minimum Gasteiger partial charge on any atom is -0.302 e. The molecule has 0 amide bonds. The Balaban J connectivity index is 2.37. The smallest absolute Gasteiger partial charge is 0.0865 e. The first-order chi connectivity index (χ1) is 6.31. The fourth-order valence-electron chi connectivity index (χ4n) is 1.20. The van der Waals surface area contributed by atoms with Crippen LogP contribution in [-0.2, 0) is 6.54 Å². The van der Waals surface area contributed by atoms with Gasteiger partial charge in [0.15, 0.2) is 0 Å². The second-order valence-electron chi connectivity index (χ2n) is 2.64. The number of fused-ring (bicyclic) bond motifs is 1. The number of hydrogen-bond acceptors (Lipinski definition) is 4. The number of nitrogens with one attached hydrogen (secondary N) is 2. The van der Waals surface area contributed by atoms with Gasteiger partial charge in [-0.05, 0) is 34.7 Å². The van der Waals surface area contributed by atoms with Crippen molar-refractivity contribution in [1.82, 2.24) is 10.7 Å². The summed E-state index contributed by atoms with van der Waals surface area (Å²) in [4.78, 5) is 10.3.